The highest BCUT2D eigenvalue weighted by molar-refractivity contribution is 9.10. The van der Waals surface area contributed by atoms with Crippen molar-refractivity contribution in [3.05, 3.63) is 47.2 Å². The second kappa shape index (κ2) is 4.42. The van der Waals surface area contributed by atoms with E-state index in [4.69, 9.17) is 0 Å². The number of amides is 1. The fourth-order valence-electron chi connectivity index (χ4n) is 2.01. The largest absolute Gasteiger partial charge is 0.329 e. The molecule has 0 radical (unpaired) electrons. The lowest BCUT2D eigenvalue weighted by Crippen LogP contribution is -2.35. The summed E-state index contributed by atoms with van der Waals surface area (Å²) in [5.74, 6) is -0.0197. The molecule has 0 saturated heterocycles. The van der Waals surface area contributed by atoms with Crippen LogP contribution in [0.25, 0.3) is 0 Å². The van der Waals surface area contributed by atoms with E-state index >= 15 is 0 Å². The monoisotopic (exact) mass is 303 g/mol. The van der Waals surface area contributed by atoms with Crippen molar-refractivity contribution in [1.29, 1.82) is 0 Å². The number of benzene rings is 1. The van der Waals surface area contributed by atoms with E-state index in [1.54, 1.807) is 12.4 Å². The number of aromatic nitrogens is 1. The maximum Gasteiger partial charge on any atom is 0.244 e. The van der Waals surface area contributed by atoms with Crippen molar-refractivity contribution < 1.29 is 4.79 Å². The topological polar surface area (TPSA) is 45.2 Å². The van der Waals surface area contributed by atoms with Gasteiger partial charge in [0.15, 0.2) is 0 Å². The molecule has 0 spiro atoms. The number of carbonyl (C=O) groups is 1. The summed E-state index contributed by atoms with van der Waals surface area (Å²) in [5.41, 5.74) is 2.71. The molecule has 2 heterocycles. The van der Waals surface area contributed by atoms with Crippen LogP contribution in [0.5, 0.6) is 0 Å². The summed E-state index contributed by atoms with van der Waals surface area (Å²) in [6.07, 6.45) is 3.47. The van der Waals surface area contributed by atoms with Crippen molar-refractivity contribution in [1.82, 2.24) is 4.98 Å². The second-order valence-corrected chi connectivity index (χ2v) is 4.93. The summed E-state index contributed by atoms with van der Waals surface area (Å²) in [7, 11) is 0. The maximum atomic E-state index is 11.7. The molecule has 1 aromatic carbocycles. The average Bonchev–Trinajstić information content (AvgIpc) is 2.37. The predicted molar refractivity (Wildman–Crippen MR) is 74.0 cm³/mol. The Bertz CT molecular complexity index is 615. The van der Waals surface area contributed by atoms with Gasteiger partial charge in [-0.1, -0.05) is 12.1 Å². The quantitative estimate of drug-likeness (QED) is 0.881. The fraction of sp³-hybridized carbons (Fsp3) is 0.0769. The van der Waals surface area contributed by atoms with Gasteiger partial charge in [0.25, 0.3) is 0 Å². The smallest absolute Gasteiger partial charge is 0.244 e. The Hall–Kier alpha value is -1.88. The fourth-order valence-corrected chi connectivity index (χ4v) is 2.36. The van der Waals surface area contributed by atoms with E-state index < -0.39 is 0 Å². The molecule has 90 valence electrons. The zero-order chi connectivity index (χ0) is 12.5. The Labute approximate surface area is 113 Å². The van der Waals surface area contributed by atoms with E-state index in [-0.39, 0.29) is 5.91 Å². The van der Waals surface area contributed by atoms with Crippen LogP contribution >= 0.6 is 15.9 Å². The van der Waals surface area contributed by atoms with Crippen molar-refractivity contribution >= 4 is 38.9 Å². The normalized spacial score (nSPS) is 14.1. The van der Waals surface area contributed by atoms with Crippen LogP contribution in [0.15, 0.2) is 47.2 Å². The highest BCUT2D eigenvalue weighted by Crippen LogP contribution is 2.34. The first-order valence-electron chi connectivity index (χ1n) is 5.51. The number of halogens is 1. The van der Waals surface area contributed by atoms with Crippen molar-refractivity contribution in [2.24, 2.45) is 0 Å². The molecule has 0 unspecified atom stereocenters. The highest BCUT2D eigenvalue weighted by atomic mass is 79.9. The Kier molecular flexibility index (Phi) is 2.76. The molecule has 0 saturated carbocycles. The minimum Gasteiger partial charge on any atom is -0.329 e. The van der Waals surface area contributed by atoms with Crippen LogP contribution in [-0.2, 0) is 4.79 Å². The van der Waals surface area contributed by atoms with E-state index in [1.165, 1.54) is 0 Å². The lowest BCUT2D eigenvalue weighted by molar-refractivity contribution is -0.115. The molecule has 0 atom stereocenters. The summed E-state index contributed by atoms with van der Waals surface area (Å²) < 4.78 is 0.892. The molecule has 0 fully saturated rings. The number of nitrogens with zero attached hydrogens (tertiary/aromatic N) is 2. The highest BCUT2D eigenvalue weighted by Gasteiger charge is 2.22. The van der Waals surface area contributed by atoms with Gasteiger partial charge in [0.1, 0.15) is 6.54 Å². The van der Waals surface area contributed by atoms with Crippen LogP contribution in [0.4, 0.5) is 17.1 Å². The van der Waals surface area contributed by atoms with Crippen molar-refractivity contribution in [2.45, 2.75) is 0 Å². The Morgan fingerprint density at radius 1 is 1.28 bits per heavy atom. The molecular weight excluding hydrogens is 294 g/mol. The van der Waals surface area contributed by atoms with Crippen LogP contribution < -0.4 is 10.2 Å². The van der Waals surface area contributed by atoms with Gasteiger partial charge in [-0.15, -0.1) is 0 Å². The first-order valence-corrected chi connectivity index (χ1v) is 6.30. The van der Waals surface area contributed by atoms with Gasteiger partial charge in [0, 0.05) is 10.7 Å². The third-order valence-corrected chi connectivity index (χ3v) is 3.21. The molecule has 1 aliphatic heterocycles. The van der Waals surface area contributed by atoms with E-state index in [0.29, 0.717) is 6.54 Å². The molecule has 18 heavy (non-hydrogen) atoms. The zero-order valence-electron chi connectivity index (χ0n) is 9.43. The standard InChI is InChI=1S/C13H10BrN3O/c14-9-5-10(7-15-6-9)17-8-13(18)16-11-3-1-2-4-12(11)17/h1-7H,8H2,(H,16,18). The number of rotatable bonds is 1. The lowest BCUT2D eigenvalue weighted by atomic mass is 10.2. The molecule has 1 aliphatic rings. The van der Waals surface area contributed by atoms with Gasteiger partial charge < -0.3 is 10.2 Å². The van der Waals surface area contributed by atoms with E-state index in [1.807, 2.05) is 35.2 Å². The molecule has 1 amide bonds. The molecule has 1 N–H and O–H groups in total. The number of fused-ring (bicyclic) bond motifs is 1. The minimum atomic E-state index is -0.0197. The summed E-state index contributed by atoms with van der Waals surface area (Å²) in [6.45, 7) is 0.301. The second-order valence-electron chi connectivity index (χ2n) is 4.01. The van der Waals surface area contributed by atoms with Crippen LogP contribution in [-0.4, -0.2) is 17.4 Å². The summed E-state index contributed by atoms with van der Waals surface area (Å²) in [6, 6.07) is 9.68. The predicted octanol–water partition coefficient (Wildman–Crippen LogP) is 2.93. The molecule has 0 aliphatic carbocycles. The van der Waals surface area contributed by atoms with Crippen molar-refractivity contribution in [3.8, 4) is 0 Å². The molecule has 2 aromatic rings. The van der Waals surface area contributed by atoms with Gasteiger partial charge >= 0.3 is 0 Å². The molecule has 1 aromatic heterocycles. The van der Waals surface area contributed by atoms with Crippen LogP contribution in [0, 0.1) is 0 Å². The van der Waals surface area contributed by atoms with Crippen LogP contribution in [0.3, 0.4) is 0 Å². The number of hydrogen-bond acceptors (Lipinski definition) is 3. The summed E-state index contributed by atoms with van der Waals surface area (Å²) in [5, 5.41) is 2.86. The van der Waals surface area contributed by atoms with E-state index in [2.05, 4.69) is 26.2 Å². The molecule has 3 rings (SSSR count). The van der Waals surface area contributed by atoms with Crippen molar-refractivity contribution in [3.63, 3.8) is 0 Å². The lowest BCUT2D eigenvalue weighted by Gasteiger charge is -2.30. The number of hydrogen-bond donors (Lipinski definition) is 1. The molecule has 4 nitrogen and oxygen atoms in total. The third kappa shape index (κ3) is 1.97. The minimum absolute atomic E-state index is 0.0197. The first kappa shape index (κ1) is 11.2. The Morgan fingerprint density at radius 2 is 2.11 bits per heavy atom. The van der Waals surface area contributed by atoms with E-state index in [0.717, 1.165) is 21.5 Å². The molecule has 0 bridgehead atoms. The summed E-state index contributed by atoms with van der Waals surface area (Å²) in [4.78, 5) is 17.8. The number of para-hydroxylation sites is 2. The Balaban J connectivity index is 2.10. The van der Waals surface area contributed by atoms with Gasteiger partial charge in [-0.05, 0) is 34.1 Å². The zero-order valence-corrected chi connectivity index (χ0v) is 11.0. The van der Waals surface area contributed by atoms with Gasteiger partial charge in [-0.3, -0.25) is 9.78 Å². The van der Waals surface area contributed by atoms with Gasteiger partial charge in [-0.2, -0.15) is 0 Å². The van der Waals surface area contributed by atoms with Crippen LogP contribution in [0.1, 0.15) is 0 Å². The first-order chi connectivity index (χ1) is 8.74. The maximum absolute atomic E-state index is 11.7. The summed E-state index contributed by atoms with van der Waals surface area (Å²) >= 11 is 3.39. The third-order valence-electron chi connectivity index (χ3n) is 2.77. The average molecular weight is 304 g/mol. The Morgan fingerprint density at radius 3 is 2.94 bits per heavy atom. The molecule has 5 heteroatoms. The van der Waals surface area contributed by atoms with Gasteiger partial charge in [-0.25, -0.2) is 0 Å². The number of anilines is 3. The molecular formula is C13H10BrN3O. The number of nitrogens with one attached hydrogen (secondary N) is 1. The number of pyridine rings is 1. The number of carbonyl (C=O) groups excluding carboxylic acids is 1. The van der Waals surface area contributed by atoms with Gasteiger partial charge in [0.2, 0.25) is 5.91 Å². The van der Waals surface area contributed by atoms with Crippen LogP contribution in [0.2, 0.25) is 0 Å². The van der Waals surface area contributed by atoms with E-state index in [9.17, 15) is 4.79 Å². The van der Waals surface area contributed by atoms with Gasteiger partial charge in [0.05, 0.1) is 23.3 Å². The SMILES string of the molecule is O=C1CN(c2cncc(Br)c2)c2ccccc2N1. The van der Waals surface area contributed by atoms with Crippen molar-refractivity contribution in [2.75, 3.05) is 16.8 Å².